The molecule has 0 aliphatic rings. The van der Waals surface area contributed by atoms with Crippen molar-refractivity contribution in [2.24, 2.45) is 0 Å². The van der Waals surface area contributed by atoms with Gasteiger partial charge in [0.1, 0.15) is 0 Å². The molecule has 0 fully saturated rings. The minimum absolute atomic E-state index is 0.349. The van der Waals surface area contributed by atoms with Gasteiger partial charge in [0, 0.05) is 11.8 Å². The molecule has 2 heterocycles. The van der Waals surface area contributed by atoms with Gasteiger partial charge in [0.15, 0.2) is 11.3 Å². The third-order valence-electron chi connectivity index (χ3n) is 2.16. The first kappa shape index (κ1) is 10.6. The standard InChI is InChI=1S/C11H13N3O2/c1-4-16-11(15)9-5-7(2)12-10-6-8(3)13-14(9)10/h5-6H,4H2,1-3H3. The zero-order valence-corrected chi connectivity index (χ0v) is 9.52. The molecule has 0 saturated carbocycles. The molecule has 0 saturated heterocycles. The summed E-state index contributed by atoms with van der Waals surface area (Å²) in [5.74, 6) is -0.374. The number of carbonyl (C=O) groups excluding carboxylic acids is 1. The van der Waals surface area contributed by atoms with Crippen LogP contribution in [0.2, 0.25) is 0 Å². The van der Waals surface area contributed by atoms with Gasteiger partial charge in [-0.1, -0.05) is 0 Å². The number of aryl methyl sites for hydroxylation is 2. The van der Waals surface area contributed by atoms with E-state index < -0.39 is 0 Å². The summed E-state index contributed by atoms with van der Waals surface area (Å²) in [6.07, 6.45) is 0. The fourth-order valence-corrected chi connectivity index (χ4v) is 1.57. The van der Waals surface area contributed by atoms with Crippen LogP contribution in [0.4, 0.5) is 0 Å². The second-order valence-electron chi connectivity index (χ2n) is 3.56. The van der Waals surface area contributed by atoms with Crippen LogP contribution in [-0.2, 0) is 4.74 Å². The summed E-state index contributed by atoms with van der Waals surface area (Å²) in [4.78, 5) is 16.0. The molecule has 84 valence electrons. The largest absolute Gasteiger partial charge is 0.461 e. The van der Waals surface area contributed by atoms with E-state index in [1.54, 1.807) is 13.0 Å². The first-order valence-corrected chi connectivity index (χ1v) is 5.13. The van der Waals surface area contributed by atoms with Crippen molar-refractivity contribution in [3.63, 3.8) is 0 Å². The van der Waals surface area contributed by atoms with Crippen LogP contribution in [0.15, 0.2) is 12.1 Å². The highest BCUT2D eigenvalue weighted by Crippen LogP contribution is 2.10. The van der Waals surface area contributed by atoms with Crippen LogP contribution >= 0.6 is 0 Å². The van der Waals surface area contributed by atoms with Gasteiger partial charge >= 0.3 is 5.97 Å². The van der Waals surface area contributed by atoms with Crippen LogP contribution in [-0.4, -0.2) is 27.2 Å². The molecule has 2 aromatic rings. The molecular weight excluding hydrogens is 206 g/mol. The van der Waals surface area contributed by atoms with Crippen molar-refractivity contribution < 1.29 is 9.53 Å². The highest BCUT2D eigenvalue weighted by Gasteiger charge is 2.14. The number of hydrogen-bond donors (Lipinski definition) is 0. The van der Waals surface area contributed by atoms with Gasteiger partial charge in [-0.2, -0.15) is 5.10 Å². The monoisotopic (exact) mass is 219 g/mol. The van der Waals surface area contributed by atoms with Gasteiger partial charge in [-0.05, 0) is 26.8 Å². The molecule has 5 heteroatoms. The Morgan fingerprint density at radius 1 is 1.38 bits per heavy atom. The van der Waals surface area contributed by atoms with Crippen molar-refractivity contribution in [2.45, 2.75) is 20.8 Å². The Morgan fingerprint density at radius 2 is 2.12 bits per heavy atom. The first-order valence-electron chi connectivity index (χ1n) is 5.13. The van der Waals surface area contributed by atoms with Crippen LogP contribution < -0.4 is 0 Å². The van der Waals surface area contributed by atoms with Gasteiger partial charge < -0.3 is 4.74 Å². The van der Waals surface area contributed by atoms with Gasteiger partial charge in [0.2, 0.25) is 0 Å². The normalized spacial score (nSPS) is 10.7. The highest BCUT2D eigenvalue weighted by atomic mass is 16.5. The molecule has 0 radical (unpaired) electrons. The SMILES string of the molecule is CCOC(=O)c1cc(C)nc2cc(C)nn12. The van der Waals surface area contributed by atoms with E-state index in [1.165, 1.54) is 4.52 Å². The van der Waals surface area contributed by atoms with E-state index in [4.69, 9.17) is 4.74 Å². The topological polar surface area (TPSA) is 56.5 Å². The number of fused-ring (bicyclic) bond motifs is 1. The Hall–Kier alpha value is -1.91. The maximum absolute atomic E-state index is 11.7. The molecule has 2 rings (SSSR count). The maximum Gasteiger partial charge on any atom is 0.357 e. The number of esters is 1. The van der Waals surface area contributed by atoms with Crippen LogP contribution in [0.1, 0.15) is 28.8 Å². The molecule has 0 amide bonds. The van der Waals surface area contributed by atoms with E-state index >= 15 is 0 Å². The molecule has 0 bridgehead atoms. The van der Waals surface area contributed by atoms with E-state index in [0.29, 0.717) is 17.9 Å². The van der Waals surface area contributed by atoms with Gasteiger partial charge in [-0.3, -0.25) is 0 Å². The minimum Gasteiger partial charge on any atom is -0.461 e. The summed E-state index contributed by atoms with van der Waals surface area (Å²) < 4.78 is 6.49. The van der Waals surface area contributed by atoms with Crippen molar-refractivity contribution in [1.82, 2.24) is 14.6 Å². The number of carbonyl (C=O) groups is 1. The van der Waals surface area contributed by atoms with Gasteiger partial charge in [0.25, 0.3) is 0 Å². The molecule has 16 heavy (non-hydrogen) atoms. The molecule has 0 aliphatic heterocycles. The predicted molar refractivity (Wildman–Crippen MR) is 58.4 cm³/mol. The summed E-state index contributed by atoms with van der Waals surface area (Å²) in [5.41, 5.74) is 2.68. The molecule has 0 spiro atoms. The van der Waals surface area contributed by atoms with Crippen LogP contribution in [0.5, 0.6) is 0 Å². The highest BCUT2D eigenvalue weighted by molar-refractivity contribution is 5.88. The second kappa shape index (κ2) is 3.92. The molecular formula is C11H13N3O2. The van der Waals surface area contributed by atoms with Crippen LogP contribution in [0, 0.1) is 13.8 Å². The van der Waals surface area contributed by atoms with E-state index in [2.05, 4.69) is 10.1 Å². The van der Waals surface area contributed by atoms with Crippen molar-refractivity contribution >= 4 is 11.6 Å². The maximum atomic E-state index is 11.7. The zero-order chi connectivity index (χ0) is 11.7. The number of nitrogens with zero attached hydrogens (tertiary/aromatic N) is 3. The Labute approximate surface area is 93.1 Å². The number of aromatic nitrogens is 3. The summed E-state index contributed by atoms with van der Waals surface area (Å²) in [6, 6.07) is 3.51. The van der Waals surface area contributed by atoms with Crippen LogP contribution in [0.25, 0.3) is 5.65 Å². The van der Waals surface area contributed by atoms with E-state index in [0.717, 1.165) is 11.4 Å². The Bertz CT molecular complexity index is 545. The number of ether oxygens (including phenoxy) is 1. The van der Waals surface area contributed by atoms with Crippen LogP contribution in [0.3, 0.4) is 0 Å². The van der Waals surface area contributed by atoms with Crippen molar-refractivity contribution in [3.8, 4) is 0 Å². The third-order valence-corrected chi connectivity index (χ3v) is 2.16. The summed E-state index contributed by atoms with van der Waals surface area (Å²) in [7, 11) is 0. The lowest BCUT2D eigenvalue weighted by Crippen LogP contribution is -2.12. The lowest BCUT2D eigenvalue weighted by molar-refractivity contribution is 0.0516. The number of rotatable bonds is 2. The molecule has 0 aliphatic carbocycles. The first-order chi connectivity index (χ1) is 7.61. The predicted octanol–water partition coefficient (Wildman–Crippen LogP) is 1.52. The third kappa shape index (κ3) is 1.76. The molecule has 2 aromatic heterocycles. The van der Waals surface area contributed by atoms with Crippen molar-refractivity contribution in [2.75, 3.05) is 6.61 Å². The average Bonchev–Trinajstić information content (AvgIpc) is 2.57. The Kier molecular flexibility index (Phi) is 2.60. The fourth-order valence-electron chi connectivity index (χ4n) is 1.57. The molecule has 0 N–H and O–H groups in total. The molecule has 0 atom stereocenters. The minimum atomic E-state index is -0.374. The van der Waals surface area contributed by atoms with E-state index in [-0.39, 0.29) is 5.97 Å². The smallest absolute Gasteiger partial charge is 0.357 e. The van der Waals surface area contributed by atoms with Gasteiger partial charge in [-0.25, -0.2) is 14.3 Å². The Balaban J connectivity index is 2.62. The quantitative estimate of drug-likeness (QED) is 0.718. The fraction of sp³-hybridized carbons (Fsp3) is 0.364. The second-order valence-corrected chi connectivity index (χ2v) is 3.56. The summed E-state index contributed by atoms with van der Waals surface area (Å²) in [6.45, 7) is 5.82. The molecule has 0 unspecified atom stereocenters. The lowest BCUT2D eigenvalue weighted by atomic mass is 10.3. The van der Waals surface area contributed by atoms with E-state index in [9.17, 15) is 4.79 Å². The Morgan fingerprint density at radius 3 is 2.81 bits per heavy atom. The summed E-state index contributed by atoms with van der Waals surface area (Å²) >= 11 is 0. The van der Waals surface area contributed by atoms with Crippen molar-refractivity contribution in [1.29, 1.82) is 0 Å². The molecule has 5 nitrogen and oxygen atoms in total. The van der Waals surface area contributed by atoms with Gasteiger partial charge in [-0.15, -0.1) is 0 Å². The zero-order valence-electron chi connectivity index (χ0n) is 9.52. The molecule has 0 aromatic carbocycles. The van der Waals surface area contributed by atoms with E-state index in [1.807, 2.05) is 19.9 Å². The number of hydrogen-bond acceptors (Lipinski definition) is 4. The summed E-state index contributed by atoms with van der Waals surface area (Å²) in [5, 5.41) is 4.21. The van der Waals surface area contributed by atoms with Crippen molar-refractivity contribution in [3.05, 3.63) is 29.2 Å². The average molecular weight is 219 g/mol. The lowest BCUT2D eigenvalue weighted by Gasteiger charge is -2.04. The van der Waals surface area contributed by atoms with Gasteiger partial charge in [0.05, 0.1) is 12.3 Å².